The maximum atomic E-state index is 13.6. The standard InChI is InChI=1S/C15H20F2N2O3S/c1-10-6-19-7-13(5-14(19)8-22-10)18-23(20,21)9-11-2-3-12(16)4-15(11)17/h2-4,10,13-14,18H,5-9H2,1H3/t10-,13+,14-/m0/s1. The first-order chi connectivity index (χ1) is 10.8. The molecule has 23 heavy (non-hydrogen) atoms. The first-order valence-corrected chi connectivity index (χ1v) is 9.27. The number of ether oxygens (including phenoxy) is 1. The van der Waals surface area contributed by atoms with Gasteiger partial charge in [0, 0.05) is 36.8 Å². The number of benzene rings is 1. The Balaban J connectivity index is 1.63. The second kappa shape index (κ2) is 6.43. The van der Waals surface area contributed by atoms with Gasteiger partial charge in [0.25, 0.3) is 0 Å². The molecule has 5 nitrogen and oxygen atoms in total. The summed E-state index contributed by atoms with van der Waals surface area (Å²) in [5.74, 6) is -2.06. The molecule has 3 rings (SSSR count). The number of nitrogens with one attached hydrogen (secondary N) is 1. The zero-order chi connectivity index (χ0) is 16.6. The van der Waals surface area contributed by atoms with E-state index in [1.807, 2.05) is 6.92 Å². The first-order valence-electron chi connectivity index (χ1n) is 7.62. The predicted octanol–water partition coefficient (Wildman–Crippen LogP) is 1.25. The van der Waals surface area contributed by atoms with Crippen molar-refractivity contribution in [2.75, 3.05) is 19.7 Å². The molecule has 0 amide bonds. The lowest BCUT2D eigenvalue weighted by Crippen LogP contribution is -2.45. The van der Waals surface area contributed by atoms with Crippen molar-refractivity contribution in [3.05, 3.63) is 35.4 Å². The summed E-state index contributed by atoms with van der Waals surface area (Å²) in [6, 6.07) is 2.93. The fraction of sp³-hybridized carbons (Fsp3) is 0.600. The van der Waals surface area contributed by atoms with Gasteiger partial charge < -0.3 is 4.74 Å². The lowest BCUT2D eigenvalue weighted by Gasteiger charge is -2.33. The Hall–Kier alpha value is -1.09. The van der Waals surface area contributed by atoms with E-state index < -0.39 is 27.4 Å². The molecule has 2 aliphatic heterocycles. The number of rotatable bonds is 4. The molecule has 2 aliphatic rings. The SMILES string of the molecule is C[C@H]1CN2C[C@H](NS(=O)(=O)Cc3ccc(F)cc3F)C[C@H]2CO1. The van der Waals surface area contributed by atoms with Crippen LogP contribution in [0.25, 0.3) is 0 Å². The van der Waals surface area contributed by atoms with Crippen molar-refractivity contribution < 1.29 is 21.9 Å². The molecule has 0 unspecified atom stereocenters. The highest BCUT2D eigenvalue weighted by Gasteiger charge is 2.37. The molecule has 1 aromatic rings. The quantitative estimate of drug-likeness (QED) is 0.891. The summed E-state index contributed by atoms with van der Waals surface area (Å²) in [6.45, 7) is 4.01. The van der Waals surface area contributed by atoms with Gasteiger partial charge in [-0.15, -0.1) is 0 Å². The zero-order valence-corrected chi connectivity index (χ0v) is 13.7. The minimum atomic E-state index is -3.69. The Morgan fingerprint density at radius 2 is 2.13 bits per heavy atom. The smallest absolute Gasteiger partial charge is 0.216 e. The van der Waals surface area contributed by atoms with Gasteiger partial charge >= 0.3 is 0 Å². The van der Waals surface area contributed by atoms with E-state index in [4.69, 9.17) is 4.74 Å². The summed E-state index contributed by atoms with van der Waals surface area (Å²) in [5, 5.41) is 0. The minimum absolute atomic E-state index is 0.0356. The van der Waals surface area contributed by atoms with E-state index in [1.54, 1.807) is 0 Å². The van der Waals surface area contributed by atoms with Crippen molar-refractivity contribution in [2.45, 2.75) is 37.3 Å². The van der Waals surface area contributed by atoms with E-state index in [9.17, 15) is 17.2 Å². The predicted molar refractivity (Wildman–Crippen MR) is 81.3 cm³/mol. The average Bonchev–Trinajstić information content (AvgIpc) is 2.82. The fourth-order valence-corrected chi connectivity index (χ4v) is 4.67. The van der Waals surface area contributed by atoms with Crippen LogP contribution >= 0.6 is 0 Å². The lowest BCUT2D eigenvalue weighted by molar-refractivity contribution is -0.0390. The molecule has 0 bridgehead atoms. The number of fused-ring (bicyclic) bond motifs is 1. The van der Waals surface area contributed by atoms with Gasteiger partial charge in [0.05, 0.1) is 18.5 Å². The maximum absolute atomic E-state index is 13.6. The average molecular weight is 346 g/mol. The third-order valence-electron chi connectivity index (χ3n) is 4.30. The van der Waals surface area contributed by atoms with Crippen molar-refractivity contribution in [3.63, 3.8) is 0 Å². The zero-order valence-electron chi connectivity index (χ0n) is 12.8. The summed E-state index contributed by atoms with van der Waals surface area (Å²) >= 11 is 0. The number of nitrogens with zero attached hydrogens (tertiary/aromatic N) is 1. The number of morpholine rings is 1. The Morgan fingerprint density at radius 3 is 2.87 bits per heavy atom. The van der Waals surface area contributed by atoms with Crippen molar-refractivity contribution in [1.29, 1.82) is 0 Å². The van der Waals surface area contributed by atoms with Gasteiger partial charge in [0.15, 0.2) is 0 Å². The maximum Gasteiger partial charge on any atom is 0.216 e. The Bertz CT molecular complexity index is 683. The molecule has 8 heteroatoms. The van der Waals surface area contributed by atoms with E-state index in [2.05, 4.69) is 9.62 Å². The molecule has 2 saturated heterocycles. The highest BCUT2D eigenvalue weighted by Crippen LogP contribution is 2.24. The van der Waals surface area contributed by atoms with Crippen LogP contribution in [-0.2, 0) is 20.5 Å². The molecule has 0 aromatic heterocycles. The van der Waals surface area contributed by atoms with E-state index >= 15 is 0 Å². The molecular formula is C15H20F2N2O3S. The van der Waals surface area contributed by atoms with E-state index in [0.717, 1.165) is 18.7 Å². The highest BCUT2D eigenvalue weighted by atomic mass is 32.2. The van der Waals surface area contributed by atoms with Crippen molar-refractivity contribution in [3.8, 4) is 0 Å². The summed E-state index contributed by atoms with van der Waals surface area (Å²) < 4.78 is 59.2. The van der Waals surface area contributed by atoms with E-state index in [-0.39, 0.29) is 23.8 Å². The van der Waals surface area contributed by atoms with Gasteiger partial charge in [-0.2, -0.15) is 0 Å². The molecule has 0 aliphatic carbocycles. The third-order valence-corrected chi connectivity index (χ3v) is 5.68. The summed E-state index contributed by atoms with van der Waals surface area (Å²) in [4.78, 5) is 2.22. The monoisotopic (exact) mass is 346 g/mol. The molecule has 128 valence electrons. The van der Waals surface area contributed by atoms with Gasteiger partial charge in [-0.05, 0) is 19.4 Å². The second-order valence-corrected chi connectivity index (χ2v) is 8.05. The third kappa shape index (κ3) is 4.06. The summed E-state index contributed by atoms with van der Waals surface area (Å²) in [5.41, 5.74) is -0.0356. The Kier molecular flexibility index (Phi) is 4.68. The fourth-order valence-electron chi connectivity index (χ4n) is 3.26. The van der Waals surface area contributed by atoms with Crippen molar-refractivity contribution in [2.24, 2.45) is 0 Å². The summed E-state index contributed by atoms with van der Waals surface area (Å²) in [7, 11) is -3.69. The number of hydrogen-bond acceptors (Lipinski definition) is 4. The Morgan fingerprint density at radius 1 is 1.35 bits per heavy atom. The first kappa shape index (κ1) is 16.8. The Labute approximate surface area is 134 Å². The van der Waals surface area contributed by atoms with Gasteiger partial charge in [0.1, 0.15) is 11.6 Å². The molecule has 3 atom stereocenters. The van der Waals surface area contributed by atoms with Gasteiger partial charge in [-0.25, -0.2) is 21.9 Å². The van der Waals surface area contributed by atoms with Crippen LogP contribution in [0, 0.1) is 11.6 Å². The number of hydrogen-bond donors (Lipinski definition) is 1. The van der Waals surface area contributed by atoms with Crippen LogP contribution in [0.3, 0.4) is 0 Å². The van der Waals surface area contributed by atoms with Gasteiger partial charge in [-0.3, -0.25) is 4.90 Å². The van der Waals surface area contributed by atoms with Crippen LogP contribution in [-0.4, -0.2) is 51.2 Å². The largest absolute Gasteiger partial charge is 0.376 e. The van der Waals surface area contributed by atoms with Crippen LogP contribution in [0.15, 0.2) is 18.2 Å². The molecular weight excluding hydrogens is 326 g/mol. The van der Waals surface area contributed by atoms with Crippen LogP contribution in [0.1, 0.15) is 18.9 Å². The lowest BCUT2D eigenvalue weighted by atomic mass is 10.2. The second-order valence-electron chi connectivity index (χ2n) is 6.30. The normalized spacial score (nSPS) is 28.7. The van der Waals surface area contributed by atoms with Gasteiger partial charge in [0.2, 0.25) is 10.0 Å². The summed E-state index contributed by atoms with van der Waals surface area (Å²) in [6.07, 6.45) is 0.826. The van der Waals surface area contributed by atoms with Crippen LogP contribution < -0.4 is 4.72 Å². The van der Waals surface area contributed by atoms with Crippen LogP contribution in [0.2, 0.25) is 0 Å². The highest BCUT2D eigenvalue weighted by molar-refractivity contribution is 7.88. The molecule has 0 saturated carbocycles. The van der Waals surface area contributed by atoms with E-state index in [0.29, 0.717) is 25.6 Å². The van der Waals surface area contributed by atoms with E-state index in [1.165, 1.54) is 0 Å². The number of sulfonamides is 1. The van der Waals surface area contributed by atoms with Gasteiger partial charge in [-0.1, -0.05) is 6.07 Å². The molecule has 2 heterocycles. The molecule has 0 radical (unpaired) electrons. The molecule has 0 spiro atoms. The molecule has 1 N–H and O–H groups in total. The van der Waals surface area contributed by atoms with Crippen LogP contribution in [0.4, 0.5) is 8.78 Å². The molecule has 1 aromatic carbocycles. The van der Waals surface area contributed by atoms with Crippen molar-refractivity contribution >= 4 is 10.0 Å². The van der Waals surface area contributed by atoms with Crippen LogP contribution in [0.5, 0.6) is 0 Å². The topological polar surface area (TPSA) is 58.6 Å². The minimum Gasteiger partial charge on any atom is -0.376 e. The molecule has 2 fully saturated rings. The van der Waals surface area contributed by atoms with Crippen molar-refractivity contribution in [1.82, 2.24) is 9.62 Å². The number of halogens is 2.